The Kier molecular flexibility index (Phi) is 3.61. The minimum absolute atomic E-state index is 0.157. The molecule has 1 atom stereocenters. The first-order valence-electron chi connectivity index (χ1n) is 5.56. The molecule has 19 heavy (non-hydrogen) atoms. The first-order valence-corrected chi connectivity index (χ1v) is 7.93. The highest BCUT2D eigenvalue weighted by atomic mass is 32.2. The molecule has 2 aromatic heterocycles. The number of nitrogens with one attached hydrogen (secondary N) is 2. The van der Waals surface area contributed by atoms with E-state index < -0.39 is 10.0 Å². The number of aromatic amines is 1. The van der Waals surface area contributed by atoms with Gasteiger partial charge in [0, 0.05) is 11.4 Å². The highest BCUT2D eigenvalue weighted by molar-refractivity contribution is 7.93. The summed E-state index contributed by atoms with van der Waals surface area (Å²) >= 11 is 1.20. The molecule has 0 saturated carbocycles. The largest absolute Gasteiger partial charge is 0.323 e. The number of nitrogens with zero attached hydrogens (tertiary/aromatic N) is 2. The van der Waals surface area contributed by atoms with Gasteiger partial charge in [0.15, 0.2) is 5.13 Å². The third-order valence-electron chi connectivity index (χ3n) is 2.54. The molecule has 0 aliphatic carbocycles. The SMILES string of the molecule is Cc1n[nH]c(C)c1S(=O)(=O)Nc1nc(C(C)N)cs1. The number of nitrogens with two attached hydrogens (primary N) is 1. The number of sulfonamides is 1. The Balaban J connectivity index is 2.31. The Bertz CT molecular complexity index is 667. The fourth-order valence-electron chi connectivity index (χ4n) is 1.64. The van der Waals surface area contributed by atoms with Gasteiger partial charge in [0.05, 0.1) is 17.1 Å². The van der Waals surface area contributed by atoms with E-state index in [9.17, 15) is 8.42 Å². The molecule has 2 aromatic rings. The zero-order valence-electron chi connectivity index (χ0n) is 10.8. The molecule has 0 aliphatic heterocycles. The fraction of sp³-hybridized carbons (Fsp3) is 0.400. The normalized spacial score (nSPS) is 13.5. The molecule has 0 radical (unpaired) electrons. The molecule has 0 amide bonds. The second-order valence-electron chi connectivity index (χ2n) is 4.23. The maximum Gasteiger partial charge on any atom is 0.267 e. The first kappa shape index (κ1) is 14.0. The third kappa shape index (κ3) is 2.77. The second kappa shape index (κ2) is 4.91. The van der Waals surface area contributed by atoms with E-state index >= 15 is 0 Å². The maximum atomic E-state index is 12.2. The van der Waals surface area contributed by atoms with Gasteiger partial charge in [-0.1, -0.05) is 0 Å². The van der Waals surface area contributed by atoms with E-state index in [1.165, 1.54) is 11.3 Å². The van der Waals surface area contributed by atoms with Crippen molar-refractivity contribution in [1.82, 2.24) is 15.2 Å². The van der Waals surface area contributed by atoms with Crippen LogP contribution in [0.15, 0.2) is 10.3 Å². The molecule has 2 heterocycles. The second-order valence-corrected chi connectivity index (χ2v) is 6.71. The van der Waals surface area contributed by atoms with Crippen molar-refractivity contribution >= 4 is 26.5 Å². The Labute approximate surface area is 115 Å². The number of H-pyrrole nitrogens is 1. The van der Waals surface area contributed by atoms with Crippen LogP contribution in [0.4, 0.5) is 5.13 Å². The van der Waals surface area contributed by atoms with E-state index in [4.69, 9.17) is 5.73 Å². The van der Waals surface area contributed by atoms with Crippen molar-refractivity contribution in [3.8, 4) is 0 Å². The lowest BCUT2D eigenvalue weighted by Gasteiger charge is -2.05. The zero-order valence-corrected chi connectivity index (χ0v) is 12.4. The fourth-order valence-corrected chi connectivity index (χ4v) is 4.09. The van der Waals surface area contributed by atoms with Gasteiger partial charge in [0.2, 0.25) is 0 Å². The lowest BCUT2D eigenvalue weighted by Crippen LogP contribution is -2.15. The summed E-state index contributed by atoms with van der Waals surface area (Å²) in [5.74, 6) is 0. The van der Waals surface area contributed by atoms with Crippen molar-refractivity contribution in [2.24, 2.45) is 5.73 Å². The van der Waals surface area contributed by atoms with Crippen LogP contribution < -0.4 is 10.5 Å². The van der Waals surface area contributed by atoms with E-state index in [0.717, 1.165) is 0 Å². The summed E-state index contributed by atoms with van der Waals surface area (Å²) in [6.07, 6.45) is 0. The van der Waals surface area contributed by atoms with Gasteiger partial charge in [-0.3, -0.25) is 9.82 Å². The number of hydrogen-bond acceptors (Lipinski definition) is 6. The molecular formula is C10H15N5O2S2. The molecule has 7 nitrogen and oxygen atoms in total. The van der Waals surface area contributed by atoms with Gasteiger partial charge in [0.25, 0.3) is 10.0 Å². The van der Waals surface area contributed by atoms with E-state index in [-0.39, 0.29) is 10.9 Å². The van der Waals surface area contributed by atoms with Crippen LogP contribution in [0.1, 0.15) is 30.0 Å². The molecule has 0 saturated heterocycles. The summed E-state index contributed by atoms with van der Waals surface area (Å²) in [5.41, 5.74) is 7.26. The molecular weight excluding hydrogens is 286 g/mol. The topological polar surface area (TPSA) is 114 Å². The van der Waals surface area contributed by atoms with Crippen LogP contribution in [0.25, 0.3) is 0 Å². The molecule has 1 unspecified atom stereocenters. The van der Waals surface area contributed by atoms with Gasteiger partial charge < -0.3 is 5.73 Å². The van der Waals surface area contributed by atoms with Gasteiger partial charge in [-0.15, -0.1) is 11.3 Å². The molecule has 4 N–H and O–H groups in total. The summed E-state index contributed by atoms with van der Waals surface area (Å²) in [7, 11) is -3.68. The number of anilines is 1. The van der Waals surface area contributed by atoms with Crippen molar-refractivity contribution in [3.05, 3.63) is 22.5 Å². The number of thiazole rings is 1. The van der Waals surface area contributed by atoms with Crippen molar-refractivity contribution in [2.75, 3.05) is 4.72 Å². The van der Waals surface area contributed by atoms with E-state index in [2.05, 4.69) is 19.9 Å². The highest BCUT2D eigenvalue weighted by Crippen LogP contribution is 2.24. The molecule has 104 valence electrons. The molecule has 0 spiro atoms. The number of rotatable bonds is 4. The first-order chi connectivity index (χ1) is 8.81. The molecule has 0 fully saturated rings. The average Bonchev–Trinajstić information content (AvgIpc) is 2.85. The molecule has 2 rings (SSSR count). The summed E-state index contributed by atoms with van der Waals surface area (Å²) in [6.45, 7) is 5.08. The van der Waals surface area contributed by atoms with E-state index in [1.807, 2.05) is 0 Å². The lowest BCUT2D eigenvalue weighted by atomic mass is 10.3. The van der Waals surface area contributed by atoms with Crippen LogP contribution in [-0.2, 0) is 10.0 Å². The minimum Gasteiger partial charge on any atom is -0.323 e. The standard InChI is InChI=1S/C10H15N5O2S2/c1-5(11)8-4-18-10(12-8)15-19(16,17)9-6(2)13-14-7(9)3/h4-5H,11H2,1-3H3,(H,12,15)(H,13,14). The summed E-state index contributed by atoms with van der Waals surface area (Å²) in [4.78, 5) is 4.29. The Morgan fingerprint density at radius 3 is 2.63 bits per heavy atom. The van der Waals surface area contributed by atoms with Crippen LogP contribution in [0.3, 0.4) is 0 Å². The monoisotopic (exact) mass is 301 g/mol. The Hall–Kier alpha value is -1.45. The summed E-state index contributed by atoms with van der Waals surface area (Å²) in [6, 6.07) is -0.230. The van der Waals surface area contributed by atoms with Gasteiger partial charge in [-0.25, -0.2) is 13.4 Å². The molecule has 0 aliphatic rings. The summed E-state index contributed by atoms with van der Waals surface area (Å²) in [5, 5.41) is 8.55. The number of aryl methyl sites for hydroxylation is 2. The van der Waals surface area contributed by atoms with E-state index in [0.29, 0.717) is 22.2 Å². The predicted molar refractivity (Wildman–Crippen MR) is 73.6 cm³/mol. The van der Waals surface area contributed by atoms with Crippen LogP contribution >= 0.6 is 11.3 Å². The summed E-state index contributed by atoms with van der Waals surface area (Å²) < 4.78 is 26.9. The zero-order chi connectivity index (χ0) is 14.2. The number of aromatic nitrogens is 3. The van der Waals surface area contributed by atoms with E-state index in [1.54, 1.807) is 26.2 Å². The van der Waals surface area contributed by atoms with Gasteiger partial charge in [-0.05, 0) is 20.8 Å². The number of hydrogen-bond donors (Lipinski definition) is 3. The minimum atomic E-state index is -3.68. The highest BCUT2D eigenvalue weighted by Gasteiger charge is 2.23. The third-order valence-corrected chi connectivity index (χ3v) is 5.05. The quantitative estimate of drug-likeness (QED) is 0.787. The van der Waals surface area contributed by atoms with Gasteiger partial charge >= 0.3 is 0 Å². The lowest BCUT2D eigenvalue weighted by molar-refractivity contribution is 0.600. The Morgan fingerprint density at radius 2 is 2.16 bits per heavy atom. The predicted octanol–water partition coefficient (Wildman–Crippen LogP) is 1.30. The molecule has 9 heteroatoms. The Morgan fingerprint density at radius 1 is 1.47 bits per heavy atom. The van der Waals surface area contributed by atoms with Crippen LogP contribution in [0.5, 0.6) is 0 Å². The van der Waals surface area contributed by atoms with Crippen LogP contribution in [0.2, 0.25) is 0 Å². The van der Waals surface area contributed by atoms with Crippen LogP contribution in [0, 0.1) is 13.8 Å². The maximum absolute atomic E-state index is 12.2. The van der Waals surface area contributed by atoms with Crippen molar-refractivity contribution in [2.45, 2.75) is 31.7 Å². The van der Waals surface area contributed by atoms with Gasteiger partial charge in [-0.2, -0.15) is 5.10 Å². The van der Waals surface area contributed by atoms with Crippen molar-refractivity contribution in [1.29, 1.82) is 0 Å². The van der Waals surface area contributed by atoms with Crippen molar-refractivity contribution < 1.29 is 8.42 Å². The van der Waals surface area contributed by atoms with Gasteiger partial charge in [0.1, 0.15) is 4.90 Å². The average molecular weight is 301 g/mol. The molecule has 0 bridgehead atoms. The molecule has 0 aromatic carbocycles. The van der Waals surface area contributed by atoms with Crippen molar-refractivity contribution in [3.63, 3.8) is 0 Å². The van der Waals surface area contributed by atoms with Crippen LogP contribution in [-0.4, -0.2) is 23.6 Å². The smallest absolute Gasteiger partial charge is 0.267 e.